The molecule has 1 amide bonds. The largest absolute Gasteiger partial charge is 0.489 e. The lowest BCUT2D eigenvalue weighted by atomic mass is 10.1. The monoisotopic (exact) mass is 451 g/mol. The average molecular weight is 452 g/mol. The lowest BCUT2D eigenvalue weighted by Gasteiger charge is -2.16. The van der Waals surface area contributed by atoms with Crippen molar-refractivity contribution < 1.29 is 13.9 Å². The van der Waals surface area contributed by atoms with Gasteiger partial charge in [-0.25, -0.2) is 0 Å². The van der Waals surface area contributed by atoms with Gasteiger partial charge in [-0.3, -0.25) is 9.48 Å². The van der Waals surface area contributed by atoms with Crippen LogP contribution < -0.4 is 4.74 Å². The van der Waals surface area contributed by atoms with Crippen LogP contribution in [0.5, 0.6) is 5.75 Å². The van der Waals surface area contributed by atoms with Crippen LogP contribution >= 0.6 is 0 Å². The molecule has 5 rings (SSSR count). The quantitative estimate of drug-likeness (QED) is 0.311. The van der Waals surface area contributed by atoms with Crippen molar-refractivity contribution in [1.29, 1.82) is 0 Å². The van der Waals surface area contributed by atoms with Crippen LogP contribution in [0.3, 0.4) is 0 Å². The summed E-state index contributed by atoms with van der Waals surface area (Å²) < 4.78 is 13.8. The van der Waals surface area contributed by atoms with Gasteiger partial charge in [0.15, 0.2) is 5.76 Å². The fraction of sp³-hybridized carbons (Fsp3) is 0.143. The summed E-state index contributed by atoms with van der Waals surface area (Å²) in [5.41, 5.74) is 3.54. The Kier molecular flexibility index (Phi) is 6.12. The van der Waals surface area contributed by atoms with Crippen molar-refractivity contribution in [3.63, 3.8) is 0 Å². The predicted octanol–water partition coefficient (Wildman–Crippen LogP) is 5.53. The van der Waals surface area contributed by atoms with Crippen LogP contribution in [0.4, 0.5) is 0 Å². The van der Waals surface area contributed by atoms with Crippen molar-refractivity contribution in [2.75, 3.05) is 7.05 Å². The van der Waals surface area contributed by atoms with Crippen LogP contribution in [0.15, 0.2) is 102 Å². The number of hydrogen-bond acceptors (Lipinski definition) is 4. The molecule has 0 unspecified atom stereocenters. The van der Waals surface area contributed by atoms with E-state index < -0.39 is 0 Å². The van der Waals surface area contributed by atoms with E-state index in [0.29, 0.717) is 24.4 Å². The molecule has 0 saturated heterocycles. The second-order valence-corrected chi connectivity index (χ2v) is 8.20. The van der Waals surface area contributed by atoms with Crippen molar-refractivity contribution in [3.8, 4) is 5.75 Å². The second-order valence-electron chi connectivity index (χ2n) is 8.20. The van der Waals surface area contributed by atoms with Crippen LogP contribution in [-0.4, -0.2) is 27.6 Å². The van der Waals surface area contributed by atoms with Crippen molar-refractivity contribution in [1.82, 2.24) is 14.7 Å². The summed E-state index contributed by atoms with van der Waals surface area (Å²) in [6.45, 7) is 1.34. The minimum atomic E-state index is -0.196. The maximum absolute atomic E-state index is 13.4. The van der Waals surface area contributed by atoms with Gasteiger partial charge in [0.1, 0.15) is 17.9 Å². The molecule has 0 bridgehead atoms. The van der Waals surface area contributed by atoms with Gasteiger partial charge in [-0.1, -0.05) is 66.7 Å². The van der Waals surface area contributed by atoms with Gasteiger partial charge < -0.3 is 14.1 Å². The molecular formula is C28H25N3O3. The minimum absolute atomic E-state index is 0.196. The highest BCUT2D eigenvalue weighted by molar-refractivity contribution is 5.98. The number of ether oxygens (including phenoxy) is 1. The normalized spacial score (nSPS) is 11.0. The molecule has 0 saturated carbocycles. The molecule has 0 spiro atoms. The Morgan fingerprint density at radius 2 is 1.65 bits per heavy atom. The van der Waals surface area contributed by atoms with Gasteiger partial charge in [-0.2, -0.15) is 5.10 Å². The number of amides is 1. The Morgan fingerprint density at radius 1 is 0.941 bits per heavy atom. The molecule has 2 aromatic heterocycles. The molecule has 6 heteroatoms. The highest BCUT2D eigenvalue weighted by Crippen LogP contribution is 2.28. The van der Waals surface area contributed by atoms with Crippen LogP contribution in [0.1, 0.15) is 27.2 Å². The third-order valence-corrected chi connectivity index (χ3v) is 5.66. The maximum Gasteiger partial charge on any atom is 0.290 e. The fourth-order valence-corrected chi connectivity index (χ4v) is 3.95. The van der Waals surface area contributed by atoms with E-state index >= 15 is 0 Å². The van der Waals surface area contributed by atoms with Crippen molar-refractivity contribution in [2.45, 2.75) is 19.7 Å². The highest BCUT2D eigenvalue weighted by Gasteiger charge is 2.24. The number of carbonyl (C=O) groups excluding carboxylic acids is 1. The summed E-state index contributed by atoms with van der Waals surface area (Å²) >= 11 is 0. The summed E-state index contributed by atoms with van der Waals surface area (Å²) in [6, 6.07) is 27.4. The molecule has 0 N–H and O–H groups in total. The first-order valence-corrected chi connectivity index (χ1v) is 11.2. The molecule has 0 fully saturated rings. The van der Waals surface area contributed by atoms with E-state index in [9.17, 15) is 4.79 Å². The summed E-state index contributed by atoms with van der Waals surface area (Å²) in [7, 11) is 1.77. The van der Waals surface area contributed by atoms with Crippen LogP contribution in [0.2, 0.25) is 0 Å². The molecule has 0 radical (unpaired) electrons. The van der Waals surface area contributed by atoms with E-state index in [4.69, 9.17) is 9.15 Å². The zero-order valence-corrected chi connectivity index (χ0v) is 18.9. The van der Waals surface area contributed by atoms with E-state index in [-0.39, 0.29) is 12.5 Å². The SMILES string of the molecule is CN(Cc1cnn(Cc2ccccc2)c1)C(=O)c1oc2ccccc2c1COc1ccccc1. The first-order valence-electron chi connectivity index (χ1n) is 11.2. The molecule has 0 atom stereocenters. The van der Waals surface area contributed by atoms with Gasteiger partial charge in [0.25, 0.3) is 5.91 Å². The Morgan fingerprint density at radius 3 is 2.44 bits per heavy atom. The van der Waals surface area contributed by atoms with Gasteiger partial charge in [-0.05, 0) is 23.8 Å². The van der Waals surface area contributed by atoms with E-state index in [1.807, 2.05) is 83.7 Å². The van der Waals surface area contributed by atoms with Gasteiger partial charge >= 0.3 is 0 Å². The number of carbonyl (C=O) groups is 1. The smallest absolute Gasteiger partial charge is 0.290 e. The maximum atomic E-state index is 13.4. The number of hydrogen-bond donors (Lipinski definition) is 0. The first kappa shape index (κ1) is 21.5. The Labute approximate surface area is 198 Å². The molecular weight excluding hydrogens is 426 g/mol. The molecule has 0 aliphatic rings. The molecule has 6 nitrogen and oxygen atoms in total. The van der Waals surface area contributed by atoms with Crippen molar-refractivity contribution in [2.24, 2.45) is 0 Å². The molecule has 34 heavy (non-hydrogen) atoms. The molecule has 2 heterocycles. The van der Waals surface area contributed by atoms with Gasteiger partial charge in [-0.15, -0.1) is 0 Å². The number of fused-ring (bicyclic) bond motifs is 1. The highest BCUT2D eigenvalue weighted by atomic mass is 16.5. The van der Waals surface area contributed by atoms with Gasteiger partial charge in [0, 0.05) is 36.3 Å². The van der Waals surface area contributed by atoms with E-state index in [1.54, 1.807) is 18.1 Å². The lowest BCUT2D eigenvalue weighted by molar-refractivity contribution is 0.0752. The van der Waals surface area contributed by atoms with Gasteiger partial charge in [0.05, 0.1) is 12.7 Å². The molecule has 0 aliphatic carbocycles. The summed E-state index contributed by atoms with van der Waals surface area (Å²) in [5.74, 6) is 0.848. The molecule has 0 aliphatic heterocycles. The first-order chi connectivity index (χ1) is 16.7. The second kappa shape index (κ2) is 9.67. The van der Waals surface area contributed by atoms with Crippen LogP contribution in [0.25, 0.3) is 11.0 Å². The number of para-hydroxylation sites is 2. The fourth-order valence-electron chi connectivity index (χ4n) is 3.95. The zero-order valence-electron chi connectivity index (χ0n) is 18.9. The van der Waals surface area contributed by atoms with Crippen molar-refractivity contribution in [3.05, 3.63) is 120 Å². The van der Waals surface area contributed by atoms with Crippen LogP contribution in [-0.2, 0) is 19.7 Å². The third kappa shape index (κ3) is 4.71. The van der Waals surface area contributed by atoms with Crippen molar-refractivity contribution >= 4 is 16.9 Å². The topological polar surface area (TPSA) is 60.5 Å². The Hall–Kier alpha value is -4.32. The Balaban J connectivity index is 1.33. The number of benzene rings is 3. The number of furan rings is 1. The van der Waals surface area contributed by atoms with Gasteiger partial charge in [0.2, 0.25) is 0 Å². The standard InChI is InChI=1S/C28H25N3O3/c1-30(17-22-16-29-31(19-22)18-21-10-4-2-5-11-21)28(32)27-25(20-33-23-12-6-3-7-13-23)24-14-8-9-15-26(24)34-27/h2-16,19H,17-18,20H2,1H3. The third-order valence-electron chi connectivity index (χ3n) is 5.66. The minimum Gasteiger partial charge on any atom is -0.489 e. The Bertz CT molecular complexity index is 1390. The number of rotatable bonds is 8. The molecule has 5 aromatic rings. The number of aromatic nitrogens is 2. The number of nitrogens with zero attached hydrogens (tertiary/aromatic N) is 3. The van der Waals surface area contributed by atoms with Crippen LogP contribution in [0, 0.1) is 0 Å². The molecule has 170 valence electrons. The summed E-state index contributed by atoms with van der Waals surface area (Å²) in [5, 5.41) is 5.33. The zero-order chi connectivity index (χ0) is 23.3. The average Bonchev–Trinajstić information content (AvgIpc) is 3.47. The van der Waals surface area contributed by atoms with E-state index in [2.05, 4.69) is 17.2 Å². The van der Waals surface area contributed by atoms with E-state index in [1.165, 1.54) is 5.56 Å². The van der Waals surface area contributed by atoms with E-state index in [0.717, 1.165) is 22.3 Å². The summed E-state index contributed by atoms with van der Waals surface area (Å²) in [6.07, 6.45) is 3.76. The molecule has 3 aromatic carbocycles. The summed E-state index contributed by atoms with van der Waals surface area (Å²) in [4.78, 5) is 15.0. The lowest BCUT2D eigenvalue weighted by Crippen LogP contribution is -2.26. The predicted molar refractivity (Wildman–Crippen MR) is 131 cm³/mol.